The Labute approximate surface area is 258 Å². The van der Waals surface area contributed by atoms with Crippen LogP contribution in [0.2, 0.25) is 0 Å². The van der Waals surface area contributed by atoms with E-state index in [0.29, 0.717) is 12.8 Å². The minimum atomic E-state index is -1.56. The molecule has 1 fully saturated rings. The monoisotopic (exact) mass is 593 g/mol. The molecule has 4 atom stereocenters. The molecule has 0 bridgehead atoms. The first-order chi connectivity index (χ1) is 20.9. The SMILES string of the molecule is CC(=O)[C@@]1(C(=O)N2[C@@H](C(=O)N3Cc4ccccc4C[C@@H]3C(=O)O)CC[C@H]2c2ccccc2)Cc2ccccc2N1C(C)(C)C. The van der Waals surface area contributed by atoms with Crippen molar-refractivity contribution in [3.8, 4) is 0 Å². The quantitative estimate of drug-likeness (QED) is 0.421. The van der Waals surface area contributed by atoms with Crippen molar-refractivity contribution in [3.05, 3.63) is 101 Å². The number of carboxylic acids is 1. The van der Waals surface area contributed by atoms with Gasteiger partial charge in [0.1, 0.15) is 12.1 Å². The molecule has 8 heteroatoms. The number of hydrogen-bond donors (Lipinski definition) is 1. The van der Waals surface area contributed by atoms with Gasteiger partial charge in [0.05, 0.1) is 6.04 Å². The topological polar surface area (TPSA) is 98.2 Å². The van der Waals surface area contributed by atoms with Gasteiger partial charge in [-0.2, -0.15) is 0 Å². The fraction of sp³-hybridized carbons (Fsp3) is 0.389. The second-order valence-electron chi connectivity index (χ2n) is 13.3. The Morgan fingerprint density at radius 1 is 0.795 bits per heavy atom. The van der Waals surface area contributed by atoms with Crippen LogP contribution in [0.15, 0.2) is 78.9 Å². The van der Waals surface area contributed by atoms with Gasteiger partial charge >= 0.3 is 5.97 Å². The number of aliphatic carboxylic acids is 1. The molecule has 3 aliphatic heterocycles. The van der Waals surface area contributed by atoms with Crippen LogP contribution >= 0.6 is 0 Å². The number of nitrogens with zero attached hydrogens (tertiary/aromatic N) is 3. The van der Waals surface area contributed by atoms with Gasteiger partial charge in [-0.1, -0.05) is 72.8 Å². The summed E-state index contributed by atoms with van der Waals surface area (Å²) in [4.78, 5) is 61.3. The summed E-state index contributed by atoms with van der Waals surface area (Å²) in [5.74, 6) is -2.16. The molecule has 0 aromatic heterocycles. The number of likely N-dealkylation sites (tertiary alicyclic amines) is 1. The fourth-order valence-corrected chi connectivity index (χ4v) is 7.70. The molecule has 0 spiro atoms. The average Bonchev–Trinajstić information content (AvgIpc) is 3.61. The van der Waals surface area contributed by atoms with Crippen LogP contribution < -0.4 is 4.90 Å². The Kier molecular flexibility index (Phi) is 7.34. The Bertz CT molecular complexity index is 1630. The molecule has 0 aliphatic carbocycles. The number of carbonyl (C=O) groups is 4. The zero-order valence-electron chi connectivity index (χ0n) is 25.7. The summed E-state index contributed by atoms with van der Waals surface area (Å²) >= 11 is 0. The Morgan fingerprint density at radius 2 is 1.41 bits per heavy atom. The van der Waals surface area contributed by atoms with Crippen molar-refractivity contribution in [2.75, 3.05) is 4.90 Å². The summed E-state index contributed by atoms with van der Waals surface area (Å²) in [7, 11) is 0. The van der Waals surface area contributed by atoms with Crippen LogP contribution in [0.1, 0.15) is 68.8 Å². The van der Waals surface area contributed by atoms with Crippen molar-refractivity contribution in [2.24, 2.45) is 0 Å². The van der Waals surface area contributed by atoms with Crippen LogP contribution in [0.3, 0.4) is 0 Å². The number of rotatable bonds is 5. The molecule has 2 amide bonds. The zero-order chi connectivity index (χ0) is 31.4. The first-order valence-corrected chi connectivity index (χ1v) is 15.3. The van der Waals surface area contributed by atoms with Gasteiger partial charge < -0.3 is 19.8 Å². The molecular weight excluding hydrogens is 554 g/mol. The van der Waals surface area contributed by atoms with E-state index >= 15 is 4.79 Å². The van der Waals surface area contributed by atoms with Gasteiger partial charge in [0.15, 0.2) is 11.3 Å². The minimum Gasteiger partial charge on any atom is -0.480 e. The number of carboxylic acid groups (broad SMARTS) is 1. The van der Waals surface area contributed by atoms with Gasteiger partial charge in [-0.3, -0.25) is 14.4 Å². The maximum atomic E-state index is 15.3. The summed E-state index contributed by atoms with van der Waals surface area (Å²) in [6.45, 7) is 7.59. The average molecular weight is 594 g/mol. The molecule has 3 aliphatic rings. The minimum absolute atomic E-state index is 0.151. The van der Waals surface area contributed by atoms with Crippen molar-refractivity contribution >= 4 is 29.3 Å². The van der Waals surface area contributed by atoms with Gasteiger partial charge in [-0.05, 0) is 68.9 Å². The number of para-hydroxylation sites is 1. The Morgan fingerprint density at radius 3 is 2.05 bits per heavy atom. The Hall–Kier alpha value is -4.46. The lowest BCUT2D eigenvalue weighted by Gasteiger charge is -2.48. The molecular formula is C36H39N3O5. The van der Waals surface area contributed by atoms with Gasteiger partial charge in [0.2, 0.25) is 5.91 Å². The third kappa shape index (κ3) is 4.68. The third-order valence-electron chi connectivity index (χ3n) is 9.57. The maximum absolute atomic E-state index is 15.3. The molecule has 228 valence electrons. The lowest BCUT2D eigenvalue weighted by molar-refractivity contribution is -0.157. The number of hydrogen-bond acceptors (Lipinski definition) is 5. The fourth-order valence-electron chi connectivity index (χ4n) is 7.70. The highest BCUT2D eigenvalue weighted by Gasteiger charge is 2.61. The van der Waals surface area contributed by atoms with E-state index in [1.54, 1.807) is 4.90 Å². The lowest BCUT2D eigenvalue weighted by Crippen LogP contribution is -2.69. The molecule has 3 aromatic rings. The molecule has 8 nitrogen and oxygen atoms in total. The van der Waals surface area contributed by atoms with Crippen LogP contribution in [0.25, 0.3) is 0 Å². The molecule has 1 N–H and O–H groups in total. The second-order valence-corrected chi connectivity index (χ2v) is 13.3. The van der Waals surface area contributed by atoms with Crippen LogP contribution in [0.4, 0.5) is 5.69 Å². The van der Waals surface area contributed by atoms with Crippen molar-refractivity contribution in [3.63, 3.8) is 0 Å². The van der Waals surface area contributed by atoms with Crippen LogP contribution in [-0.2, 0) is 38.6 Å². The van der Waals surface area contributed by atoms with E-state index in [1.807, 2.05) is 105 Å². The summed E-state index contributed by atoms with van der Waals surface area (Å²) in [5.41, 5.74) is 2.28. The highest BCUT2D eigenvalue weighted by molar-refractivity contribution is 6.15. The van der Waals surface area contributed by atoms with E-state index in [9.17, 15) is 19.5 Å². The van der Waals surface area contributed by atoms with Crippen LogP contribution in [0.5, 0.6) is 0 Å². The lowest BCUT2D eigenvalue weighted by atomic mass is 9.84. The van der Waals surface area contributed by atoms with Crippen molar-refractivity contribution in [1.82, 2.24) is 9.80 Å². The summed E-state index contributed by atoms with van der Waals surface area (Å²) in [6, 6.07) is 22.5. The van der Waals surface area contributed by atoms with Gasteiger partial charge in [0, 0.05) is 30.6 Å². The van der Waals surface area contributed by atoms with E-state index in [4.69, 9.17) is 0 Å². The summed E-state index contributed by atoms with van der Waals surface area (Å²) in [6.07, 6.45) is 1.28. The van der Waals surface area contributed by atoms with E-state index in [1.165, 1.54) is 11.8 Å². The van der Waals surface area contributed by atoms with E-state index in [2.05, 4.69) is 0 Å². The number of carbonyl (C=O) groups excluding carboxylic acids is 3. The van der Waals surface area contributed by atoms with E-state index in [-0.39, 0.29) is 25.2 Å². The number of ketones is 1. The molecule has 3 heterocycles. The standard InChI is InChI=1S/C36H39N3O5/c1-23(40)36(21-26-15-10-11-17-29(26)39(36)35(2,3)4)34(44)38-28(24-12-6-5-7-13-24)18-19-30(38)32(41)37-22-27-16-9-8-14-25(27)20-31(37)33(42)43/h5-17,28,30-31H,18-22H2,1-4H3,(H,42,43)/t28-,30+,31+,36+/m0/s1. The molecule has 0 unspecified atom stereocenters. The molecule has 44 heavy (non-hydrogen) atoms. The Balaban J connectivity index is 1.47. The molecule has 0 saturated carbocycles. The highest BCUT2D eigenvalue weighted by Crippen LogP contribution is 2.48. The smallest absolute Gasteiger partial charge is 0.326 e. The highest BCUT2D eigenvalue weighted by atomic mass is 16.4. The van der Waals surface area contributed by atoms with Gasteiger partial charge in [-0.25, -0.2) is 4.79 Å². The van der Waals surface area contributed by atoms with Crippen molar-refractivity contribution in [2.45, 2.75) is 89.1 Å². The zero-order valence-corrected chi connectivity index (χ0v) is 25.7. The first kappa shape index (κ1) is 29.6. The molecule has 6 rings (SSSR count). The van der Waals surface area contributed by atoms with Crippen LogP contribution in [-0.4, -0.2) is 61.6 Å². The number of anilines is 1. The van der Waals surface area contributed by atoms with Crippen molar-refractivity contribution in [1.29, 1.82) is 0 Å². The normalized spacial score (nSPS) is 24.5. The summed E-state index contributed by atoms with van der Waals surface area (Å²) < 4.78 is 0. The largest absolute Gasteiger partial charge is 0.480 e. The third-order valence-corrected chi connectivity index (χ3v) is 9.57. The number of benzene rings is 3. The summed E-state index contributed by atoms with van der Waals surface area (Å²) in [5, 5.41) is 10.2. The molecule has 0 radical (unpaired) electrons. The van der Waals surface area contributed by atoms with Crippen molar-refractivity contribution < 1.29 is 24.3 Å². The van der Waals surface area contributed by atoms with Crippen LogP contribution in [0, 0.1) is 0 Å². The van der Waals surface area contributed by atoms with Gasteiger partial charge in [0.25, 0.3) is 5.91 Å². The predicted octanol–water partition coefficient (Wildman–Crippen LogP) is 4.95. The van der Waals surface area contributed by atoms with E-state index < -0.39 is 47.0 Å². The molecule has 1 saturated heterocycles. The van der Waals surface area contributed by atoms with Gasteiger partial charge in [-0.15, -0.1) is 0 Å². The first-order valence-electron chi connectivity index (χ1n) is 15.3. The maximum Gasteiger partial charge on any atom is 0.326 e. The number of fused-ring (bicyclic) bond motifs is 2. The predicted molar refractivity (Wildman–Crippen MR) is 167 cm³/mol. The molecule has 3 aromatic carbocycles. The number of Topliss-reactive ketones (excluding diaryl/α,β-unsaturated/α-hetero) is 1. The number of amides is 2. The van der Waals surface area contributed by atoms with E-state index in [0.717, 1.165) is 27.9 Å². The second kappa shape index (κ2) is 10.9.